The molecule has 60 valence electrons. The summed E-state index contributed by atoms with van der Waals surface area (Å²) in [6, 6.07) is 0.751. The van der Waals surface area contributed by atoms with Crippen molar-refractivity contribution in [1.29, 1.82) is 0 Å². The minimum atomic E-state index is 0.751. The Bertz CT molecular complexity index is 95.4. The average molecular weight is 159 g/mol. The Morgan fingerprint density at radius 3 is 2.60 bits per heavy atom. The molecule has 0 bridgehead atoms. The number of nitrogens with one attached hydrogen (secondary N) is 1. The quantitative estimate of drug-likeness (QED) is 0.625. The summed E-state index contributed by atoms with van der Waals surface area (Å²) in [5.74, 6) is 2.08. The lowest BCUT2D eigenvalue weighted by atomic mass is 10.1. The molecule has 1 N–H and O–H groups in total. The second-order valence-corrected chi connectivity index (χ2v) is 4.87. The summed E-state index contributed by atoms with van der Waals surface area (Å²) in [5.41, 5.74) is 0. The highest BCUT2D eigenvalue weighted by atomic mass is 32.2. The highest BCUT2D eigenvalue weighted by molar-refractivity contribution is 8.00. The van der Waals surface area contributed by atoms with Gasteiger partial charge in [-0.25, -0.2) is 0 Å². The molecule has 0 spiro atoms. The third-order valence-corrected chi connectivity index (χ3v) is 3.32. The molecule has 1 aliphatic rings. The summed E-state index contributed by atoms with van der Waals surface area (Å²) in [6.07, 6.45) is 0. The van der Waals surface area contributed by atoms with Gasteiger partial charge in [0.2, 0.25) is 0 Å². The largest absolute Gasteiger partial charge is 0.312 e. The average Bonchev–Trinajstić information content (AvgIpc) is 1.88. The van der Waals surface area contributed by atoms with Crippen LogP contribution in [0.15, 0.2) is 0 Å². The van der Waals surface area contributed by atoms with Gasteiger partial charge in [-0.1, -0.05) is 20.8 Å². The van der Waals surface area contributed by atoms with Crippen LogP contribution in [0, 0.1) is 5.92 Å². The van der Waals surface area contributed by atoms with Crippen molar-refractivity contribution in [3.8, 4) is 0 Å². The molecule has 10 heavy (non-hydrogen) atoms. The Kier molecular flexibility index (Phi) is 3.05. The van der Waals surface area contributed by atoms with Crippen LogP contribution >= 0.6 is 11.8 Å². The SMILES string of the molecule is CC1CNC(C(C)C)CS1. The van der Waals surface area contributed by atoms with Crippen molar-refractivity contribution in [2.24, 2.45) is 5.92 Å². The maximum atomic E-state index is 3.55. The van der Waals surface area contributed by atoms with Gasteiger partial charge in [0, 0.05) is 23.6 Å². The summed E-state index contributed by atoms with van der Waals surface area (Å²) >= 11 is 2.09. The van der Waals surface area contributed by atoms with E-state index in [0.29, 0.717) is 0 Å². The van der Waals surface area contributed by atoms with E-state index < -0.39 is 0 Å². The molecular weight excluding hydrogens is 142 g/mol. The predicted octanol–water partition coefficient (Wildman–Crippen LogP) is 1.74. The van der Waals surface area contributed by atoms with E-state index in [9.17, 15) is 0 Å². The zero-order valence-electron chi connectivity index (χ0n) is 7.05. The van der Waals surface area contributed by atoms with Crippen molar-refractivity contribution in [2.45, 2.75) is 32.1 Å². The lowest BCUT2D eigenvalue weighted by Gasteiger charge is -2.29. The first kappa shape index (κ1) is 8.41. The lowest BCUT2D eigenvalue weighted by Crippen LogP contribution is -2.43. The van der Waals surface area contributed by atoms with Gasteiger partial charge in [-0.3, -0.25) is 0 Å². The van der Waals surface area contributed by atoms with E-state index in [4.69, 9.17) is 0 Å². The van der Waals surface area contributed by atoms with Crippen LogP contribution in [0.4, 0.5) is 0 Å². The number of hydrogen-bond donors (Lipinski definition) is 1. The molecule has 1 nitrogen and oxygen atoms in total. The maximum Gasteiger partial charge on any atom is 0.0181 e. The van der Waals surface area contributed by atoms with Crippen LogP contribution in [0.3, 0.4) is 0 Å². The van der Waals surface area contributed by atoms with Crippen LogP contribution in [0.25, 0.3) is 0 Å². The summed E-state index contributed by atoms with van der Waals surface area (Å²) < 4.78 is 0. The molecule has 0 aromatic rings. The smallest absolute Gasteiger partial charge is 0.0181 e. The van der Waals surface area contributed by atoms with Gasteiger partial charge in [-0.2, -0.15) is 11.8 Å². The van der Waals surface area contributed by atoms with E-state index in [1.54, 1.807) is 0 Å². The molecule has 2 atom stereocenters. The van der Waals surface area contributed by atoms with Gasteiger partial charge in [0.25, 0.3) is 0 Å². The van der Waals surface area contributed by atoms with Crippen molar-refractivity contribution in [1.82, 2.24) is 5.32 Å². The van der Waals surface area contributed by atoms with Gasteiger partial charge in [0.1, 0.15) is 0 Å². The topological polar surface area (TPSA) is 12.0 Å². The second-order valence-electron chi connectivity index (χ2n) is 3.40. The van der Waals surface area contributed by atoms with E-state index in [0.717, 1.165) is 17.2 Å². The second kappa shape index (κ2) is 3.63. The molecule has 0 aromatic heterocycles. The normalized spacial score (nSPS) is 34.8. The van der Waals surface area contributed by atoms with Crippen LogP contribution in [0.5, 0.6) is 0 Å². The summed E-state index contributed by atoms with van der Waals surface area (Å²) in [5, 5.41) is 4.36. The van der Waals surface area contributed by atoms with E-state index >= 15 is 0 Å². The Hall–Kier alpha value is 0.310. The highest BCUT2D eigenvalue weighted by Gasteiger charge is 2.19. The third-order valence-electron chi connectivity index (χ3n) is 2.03. The first-order valence-electron chi connectivity index (χ1n) is 4.05. The zero-order valence-corrected chi connectivity index (χ0v) is 7.87. The number of hydrogen-bond acceptors (Lipinski definition) is 2. The highest BCUT2D eigenvalue weighted by Crippen LogP contribution is 2.19. The van der Waals surface area contributed by atoms with Crippen molar-refractivity contribution in [3.63, 3.8) is 0 Å². The number of rotatable bonds is 1. The van der Waals surface area contributed by atoms with Crippen molar-refractivity contribution < 1.29 is 0 Å². The summed E-state index contributed by atoms with van der Waals surface area (Å²) in [7, 11) is 0. The first-order valence-corrected chi connectivity index (χ1v) is 5.10. The molecular formula is C8H17NS. The van der Waals surface area contributed by atoms with Crippen LogP contribution in [-0.2, 0) is 0 Å². The van der Waals surface area contributed by atoms with Gasteiger partial charge >= 0.3 is 0 Å². The molecule has 0 aliphatic carbocycles. The monoisotopic (exact) mass is 159 g/mol. The standard InChI is InChI=1S/C8H17NS/c1-6(2)8-5-10-7(3)4-9-8/h6-9H,4-5H2,1-3H3. The Morgan fingerprint density at radius 1 is 1.50 bits per heavy atom. The molecule has 1 heterocycles. The molecule has 1 fully saturated rings. The number of thioether (sulfide) groups is 1. The van der Waals surface area contributed by atoms with Crippen LogP contribution in [-0.4, -0.2) is 23.6 Å². The molecule has 0 aromatic carbocycles. The van der Waals surface area contributed by atoms with Crippen molar-refractivity contribution >= 4 is 11.8 Å². The molecule has 0 amide bonds. The predicted molar refractivity (Wildman–Crippen MR) is 48.5 cm³/mol. The fourth-order valence-electron chi connectivity index (χ4n) is 1.13. The fourth-order valence-corrected chi connectivity index (χ4v) is 2.38. The third kappa shape index (κ3) is 2.17. The zero-order chi connectivity index (χ0) is 7.56. The van der Waals surface area contributed by atoms with Gasteiger partial charge in [0.05, 0.1) is 0 Å². The molecule has 0 saturated carbocycles. The Balaban J connectivity index is 2.26. The maximum absolute atomic E-state index is 3.55. The van der Waals surface area contributed by atoms with Crippen LogP contribution in [0.2, 0.25) is 0 Å². The van der Waals surface area contributed by atoms with Crippen molar-refractivity contribution in [3.05, 3.63) is 0 Å². The molecule has 1 rings (SSSR count). The summed E-state index contributed by atoms with van der Waals surface area (Å²) in [6.45, 7) is 8.05. The minimum Gasteiger partial charge on any atom is -0.312 e. The first-order chi connectivity index (χ1) is 4.70. The van der Waals surface area contributed by atoms with Crippen LogP contribution in [0.1, 0.15) is 20.8 Å². The minimum absolute atomic E-state index is 0.751. The van der Waals surface area contributed by atoms with Gasteiger partial charge in [0.15, 0.2) is 0 Å². The Labute approximate surface area is 68.0 Å². The van der Waals surface area contributed by atoms with E-state index in [-0.39, 0.29) is 0 Å². The molecule has 2 heteroatoms. The van der Waals surface area contributed by atoms with E-state index in [1.165, 1.54) is 12.3 Å². The molecule has 2 unspecified atom stereocenters. The van der Waals surface area contributed by atoms with E-state index in [1.807, 2.05) is 0 Å². The Morgan fingerprint density at radius 2 is 2.20 bits per heavy atom. The van der Waals surface area contributed by atoms with Crippen molar-refractivity contribution in [2.75, 3.05) is 12.3 Å². The molecule has 1 aliphatic heterocycles. The fraction of sp³-hybridized carbons (Fsp3) is 1.00. The van der Waals surface area contributed by atoms with Crippen LogP contribution < -0.4 is 5.32 Å². The van der Waals surface area contributed by atoms with E-state index in [2.05, 4.69) is 37.8 Å². The van der Waals surface area contributed by atoms with Gasteiger partial charge in [-0.05, 0) is 5.92 Å². The molecule has 1 saturated heterocycles. The van der Waals surface area contributed by atoms with Gasteiger partial charge < -0.3 is 5.32 Å². The lowest BCUT2D eigenvalue weighted by molar-refractivity contribution is 0.425. The molecule has 0 radical (unpaired) electrons. The van der Waals surface area contributed by atoms with Gasteiger partial charge in [-0.15, -0.1) is 0 Å². The summed E-state index contributed by atoms with van der Waals surface area (Å²) in [4.78, 5) is 0.